The van der Waals surface area contributed by atoms with Gasteiger partial charge in [-0.2, -0.15) is 5.26 Å². The van der Waals surface area contributed by atoms with Gasteiger partial charge in [0.15, 0.2) is 0 Å². The molecule has 1 aliphatic heterocycles. The first-order chi connectivity index (χ1) is 8.38. The number of nitrogens with one attached hydrogen (secondary N) is 1. The van der Waals surface area contributed by atoms with Gasteiger partial charge >= 0.3 is 0 Å². The fraction of sp³-hybridized carbons (Fsp3) is 0.538. The lowest BCUT2D eigenvalue weighted by atomic mass is 10.3. The van der Waals surface area contributed by atoms with Gasteiger partial charge in [0.2, 0.25) is 0 Å². The van der Waals surface area contributed by atoms with E-state index in [-0.39, 0.29) is 0 Å². The Hall–Kier alpha value is -1.60. The summed E-state index contributed by atoms with van der Waals surface area (Å²) in [5.41, 5.74) is 0.467. The zero-order valence-corrected chi connectivity index (χ0v) is 10.0. The summed E-state index contributed by atoms with van der Waals surface area (Å²) in [4.78, 5) is 6.68. The van der Waals surface area contributed by atoms with E-state index in [0.717, 1.165) is 25.3 Å². The number of nitriles is 1. The Bertz CT molecular complexity index is 391. The molecule has 4 nitrogen and oxygen atoms in total. The van der Waals surface area contributed by atoms with E-state index in [2.05, 4.69) is 15.2 Å². The second-order valence-electron chi connectivity index (χ2n) is 4.35. The summed E-state index contributed by atoms with van der Waals surface area (Å²) in [6.07, 6.45) is 3.82. The average molecular weight is 230 g/mol. The van der Waals surface area contributed by atoms with Crippen molar-refractivity contribution in [1.82, 2.24) is 9.88 Å². The molecule has 0 atom stereocenters. The van der Waals surface area contributed by atoms with Gasteiger partial charge in [0, 0.05) is 6.54 Å². The quantitative estimate of drug-likeness (QED) is 0.784. The van der Waals surface area contributed by atoms with Crippen molar-refractivity contribution in [3.8, 4) is 6.07 Å². The fourth-order valence-electron chi connectivity index (χ4n) is 2.12. The summed E-state index contributed by atoms with van der Waals surface area (Å²) < 4.78 is 0. The Morgan fingerprint density at radius 3 is 2.94 bits per heavy atom. The third-order valence-corrected chi connectivity index (χ3v) is 3.02. The fourth-order valence-corrected chi connectivity index (χ4v) is 2.12. The van der Waals surface area contributed by atoms with Crippen LogP contribution in [0.25, 0.3) is 0 Å². The van der Waals surface area contributed by atoms with Crippen molar-refractivity contribution in [2.75, 3.05) is 31.5 Å². The van der Waals surface area contributed by atoms with Gasteiger partial charge in [0.25, 0.3) is 0 Å². The molecule has 90 valence electrons. The van der Waals surface area contributed by atoms with E-state index in [4.69, 9.17) is 5.26 Å². The Balaban J connectivity index is 1.68. The summed E-state index contributed by atoms with van der Waals surface area (Å²) in [6.45, 7) is 4.58. The molecule has 0 aromatic carbocycles. The number of aromatic nitrogens is 1. The highest BCUT2D eigenvalue weighted by molar-refractivity contribution is 5.38. The number of likely N-dealkylation sites (tertiary alicyclic amines) is 1. The van der Waals surface area contributed by atoms with Crippen molar-refractivity contribution in [3.05, 3.63) is 23.9 Å². The van der Waals surface area contributed by atoms with Crippen molar-refractivity contribution in [3.63, 3.8) is 0 Å². The molecule has 1 N–H and O–H groups in total. The topological polar surface area (TPSA) is 52.0 Å². The smallest absolute Gasteiger partial charge is 0.142 e. The monoisotopic (exact) mass is 230 g/mol. The molecule has 0 aliphatic carbocycles. The van der Waals surface area contributed by atoms with Gasteiger partial charge in [-0.1, -0.05) is 6.07 Å². The predicted octanol–water partition coefficient (Wildman–Crippen LogP) is 1.85. The van der Waals surface area contributed by atoms with Gasteiger partial charge < -0.3 is 10.2 Å². The second-order valence-corrected chi connectivity index (χ2v) is 4.35. The maximum atomic E-state index is 8.73. The molecule has 1 aromatic heterocycles. The van der Waals surface area contributed by atoms with Crippen LogP contribution in [0.15, 0.2) is 18.2 Å². The minimum Gasteiger partial charge on any atom is -0.370 e. The summed E-state index contributed by atoms with van der Waals surface area (Å²) in [7, 11) is 0. The Morgan fingerprint density at radius 1 is 1.35 bits per heavy atom. The van der Waals surface area contributed by atoms with Gasteiger partial charge in [-0.05, 0) is 51.0 Å². The van der Waals surface area contributed by atoms with Crippen molar-refractivity contribution < 1.29 is 0 Å². The highest BCUT2D eigenvalue weighted by Crippen LogP contribution is 2.08. The molecule has 0 saturated carbocycles. The van der Waals surface area contributed by atoms with Crippen LogP contribution >= 0.6 is 0 Å². The van der Waals surface area contributed by atoms with Crippen LogP contribution in [-0.2, 0) is 0 Å². The molecule has 2 rings (SSSR count). The Morgan fingerprint density at radius 2 is 2.18 bits per heavy atom. The number of pyridine rings is 1. The third kappa shape index (κ3) is 3.72. The number of hydrogen-bond donors (Lipinski definition) is 1. The summed E-state index contributed by atoms with van der Waals surface area (Å²) >= 11 is 0. The molecule has 1 fully saturated rings. The zero-order valence-electron chi connectivity index (χ0n) is 10.0. The number of rotatable bonds is 5. The molecule has 4 heteroatoms. The van der Waals surface area contributed by atoms with Gasteiger partial charge in [-0.3, -0.25) is 0 Å². The molecular weight excluding hydrogens is 212 g/mol. The molecule has 2 heterocycles. The first-order valence-electron chi connectivity index (χ1n) is 6.22. The highest BCUT2D eigenvalue weighted by atomic mass is 15.1. The predicted molar refractivity (Wildman–Crippen MR) is 67.7 cm³/mol. The molecule has 0 amide bonds. The molecular formula is C13H18N4. The Labute approximate surface area is 102 Å². The molecule has 1 aliphatic rings. The zero-order chi connectivity index (χ0) is 11.9. The standard InChI is InChI=1S/C13H18N4/c14-11-12-5-3-6-13(16-12)15-7-4-10-17-8-1-2-9-17/h3,5-6H,1-2,4,7-10H2,(H,15,16). The average Bonchev–Trinajstić information content (AvgIpc) is 2.88. The largest absolute Gasteiger partial charge is 0.370 e. The van der Waals surface area contributed by atoms with E-state index < -0.39 is 0 Å². The lowest BCUT2D eigenvalue weighted by Gasteiger charge is -2.14. The molecule has 0 radical (unpaired) electrons. The van der Waals surface area contributed by atoms with Crippen LogP contribution in [0.1, 0.15) is 25.0 Å². The van der Waals surface area contributed by atoms with Crippen LogP contribution in [0.5, 0.6) is 0 Å². The van der Waals surface area contributed by atoms with E-state index in [1.165, 1.54) is 25.9 Å². The molecule has 17 heavy (non-hydrogen) atoms. The Kier molecular flexibility index (Phi) is 4.34. The van der Waals surface area contributed by atoms with Crippen LogP contribution in [0.4, 0.5) is 5.82 Å². The molecule has 0 bridgehead atoms. The van der Waals surface area contributed by atoms with Crippen LogP contribution in [0.3, 0.4) is 0 Å². The van der Waals surface area contributed by atoms with Crippen LogP contribution in [0, 0.1) is 11.3 Å². The van der Waals surface area contributed by atoms with Crippen LogP contribution in [-0.4, -0.2) is 36.1 Å². The molecule has 0 unspecified atom stereocenters. The third-order valence-electron chi connectivity index (χ3n) is 3.02. The van der Waals surface area contributed by atoms with Crippen molar-refractivity contribution in [1.29, 1.82) is 5.26 Å². The molecule has 1 aromatic rings. The van der Waals surface area contributed by atoms with E-state index in [1.807, 2.05) is 18.2 Å². The maximum absolute atomic E-state index is 8.73. The molecule has 1 saturated heterocycles. The van der Waals surface area contributed by atoms with E-state index in [0.29, 0.717) is 5.69 Å². The van der Waals surface area contributed by atoms with Crippen LogP contribution < -0.4 is 5.32 Å². The van der Waals surface area contributed by atoms with Crippen LogP contribution in [0.2, 0.25) is 0 Å². The lowest BCUT2D eigenvalue weighted by Crippen LogP contribution is -2.22. The minimum absolute atomic E-state index is 0.467. The number of nitrogens with zero attached hydrogens (tertiary/aromatic N) is 3. The number of anilines is 1. The number of hydrogen-bond acceptors (Lipinski definition) is 4. The van der Waals surface area contributed by atoms with E-state index in [9.17, 15) is 0 Å². The summed E-state index contributed by atoms with van der Waals surface area (Å²) in [5, 5.41) is 12.0. The normalized spacial score (nSPS) is 15.7. The van der Waals surface area contributed by atoms with Crippen molar-refractivity contribution in [2.45, 2.75) is 19.3 Å². The summed E-state index contributed by atoms with van der Waals surface area (Å²) in [5.74, 6) is 0.797. The first kappa shape index (κ1) is 11.9. The maximum Gasteiger partial charge on any atom is 0.142 e. The lowest BCUT2D eigenvalue weighted by molar-refractivity contribution is 0.337. The molecule has 0 spiro atoms. The van der Waals surface area contributed by atoms with E-state index >= 15 is 0 Å². The highest BCUT2D eigenvalue weighted by Gasteiger charge is 2.09. The van der Waals surface area contributed by atoms with Crippen molar-refractivity contribution in [2.24, 2.45) is 0 Å². The minimum atomic E-state index is 0.467. The second kappa shape index (κ2) is 6.21. The summed E-state index contributed by atoms with van der Waals surface area (Å²) in [6, 6.07) is 7.52. The van der Waals surface area contributed by atoms with Gasteiger partial charge in [-0.25, -0.2) is 4.98 Å². The van der Waals surface area contributed by atoms with Gasteiger partial charge in [0.1, 0.15) is 17.6 Å². The van der Waals surface area contributed by atoms with E-state index in [1.54, 1.807) is 6.07 Å². The first-order valence-corrected chi connectivity index (χ1v) is 6.22. The van der Waals surface area contributed by atoms with Gasteiger partial charge in [-0.15, -0.1) is 0 Å². The van der Waals surface area contributed by atoms with Gasteiger partial charge in [0.05, 0.1) is 0 Å². The SMILES string of the molecule is N#Cc1cccc(NCCCN2CCCC2)n1. The van der Waals surface area contributed by atoms with Crippen molar-refractivity contribution >= 4 is 5.82 Å².